The Labute approximate surface area is 142 Å². The van der Waals surface area contributed by atoms with E-state index < -0.39 is 0 Å². The van der Waals surface area contributed by atoms with Crippen molar-refractivity contribution in [1.82, 2.24) is 14.9 Å². The minimum absolute atomic E-state index is 0.527. The van der Waals surface area contributed by atoms with Crippen molar-refractivity contribution in [1.29, 1.82) is 0 Å². The van der Waals surface area contributed by atoms with E-state index in [4.69, 9.17) is 11.6 Å². The third-order valence-electron chi connectivity index (χ3n) is 4.90. The van der Waals surface area contributed by atoms with Gasteiger partial charge in [-0.1, -0.05) is 41.9 Å². The molecular weight excluding hydrogens is 308 g/mol. The van der Waals surface area contributed by atoms with Crippen LogP contribution < -0.4 is 4.90 Å². The lowest BCUT2D eigenvalue weighted by atomic mass is 9.99. The number of anilines is 1. The van der Waals surface area contributed by atoms with Gasteiger partial charge in [0.2, 0.25) is 0 Å². The van der Waals surface area contributed by atoms with Gasteiger partial charge in [-0.05, 0) is 24.8 Å². The molecule has 0 amide bonds. The monoisotopic (exact) mass is 328 g/mol. The molecule has 5 heteroatoms. The summed E-state index contributed by atoms with van der Waals surface area (Å²) >= 11 is 6.26. The van der Waals surface area contributed by atoms with Crippen molar-refractivity contribution >= 4 is 17.4 Å². The maximum Gasteiger partial charge on any atom is 0.137 e. The first-order valence-electron chi connectivity index (χ1n) is 8.33. The quantitative estimate of drug-likeness (QED) is 0.793. The van der Waals surface area contributed by atoms with E-state index in [1.54, 1.807) is 6.33 Å². The molecule has 1 aromatic carbocycles. The van der Waals surface area contributed by atoms with E-state index in [1.165, 1.54) is 5.56 Å². The van der Waals surface area contributed by atoms with Crippen LogP contribution >= 0.6 is 11.6 Å². The van der Waals surface area contributed by atoms with Gasteiger partial charge < -0.3 is 4.90 Å². The van der Waals surface area contributed by atoms with Crippen LogP contribution in [0, 0.1) is 0 Å². The molecule has 120 valence electrons. The van der Waals surface area contributed by atoms with Crippen LogP contribution in [0.15, 0.2) is 36.7 Å². The number of benzene rings is 1. The van der Waals surface area contributed by atoms with Crippen molar-refractivity contribution in [3.8, 4) is 0 Å². The summed E-state index contributed by atoms with van der Waals surface area (Å²) in [6.45, 7) is 4.31. The van der Waals surface area contributed by atoms with Crippen molar-refractivity contribution in [2.75, 3.05) is 24.5 Å². The molecule has 2 aromatic rings. The Morgan fingerprint density at radius 3 is 2.87 bits per heavy atom. The van der Waals surface area contributed by atoms with Crippen LogP contribution in [0.4, 0.5) is 5.82 Å². The number of rotatable bonds is 2. The molecule has 1 aromatic heterocycles. The molecule has 1 fully saturated rings. The number of halogens is 1. The summed E-state index contributed by atoms with van der Waals surface area (Å²) in [6.07, 6.45) is 4.86. The zero-order chi connectivity index (χ0) is 15.6. The zero-order valence-electron chi connectivity index (χ0n) is 13.2. The second-order valence-corrected chi connectivity index (χ2v) is 6.78. The number of nitrogens with zero attached hydrogens (tertiary/aromatic N) is 4. The molecule has 0 spiro atoms. The van der Waals surface area contributed by atoms with Crippen LogP contribution in [0.5, 0.6) is 0 Å². The molecule has 2 aliphatic rings. The molecule has 4 nitrogen and oxygen atoms in total. The first-order chi connectivity index (χ1) is 11.3. The van der Waals surface area contributed by atoms with Gasteiger partial charge in [-0.25, -0.2) is 9.97 Å². The Bertz CT molecular complexity index is 676. The van der Waals surface area contributed by atoms with E-state index in [-0.39, 0.29) is 0 Å². The van der Waals surface area contributed by atoms with Gasteiger partial charge in [0.05, 0.1) is 0 Å². The maximum absolute atomic E-state index is 6.26. The van der Waals surface area contributed by atoms with Gasteiger partial charge in [0.1, 0.15) is 17.3 Å². The second kappa shape index (κ2) is 6.46. The van der Waals surface area contributed by atoms with E-state index in [9.17, 15) is 0 Å². The Balaban J connectivity index is 1.53. The summed E-state index contributed by atoms with van der Waals surface area (Å²) < 4.78 is 0. The molecule has 0 saturated carbocycles. The Morgan fingerprint density at radius 2 is 2.00 bits per heavy atom. The lowest BCUT2D eigenvalue weighted by molar-refractivity contribution is 0.258. The van der Waals surface area contributed by atoms with Gasteiger partial charge >= 0.3 is 0 Å². The molecule has 4 rings (SSSR count). The molecule has 0 radical (unpaired) electrons. The molecule has 0 aliphatic carbocycles. The van der Waals surface area contributed by atoms with Crippen LogP contribution in [-0.2, 0) is 13.0 Å². The van der Waals surface area contributed by atoms with E-state index in [0.717, 1.165) is 56.8 Å². The normalized spacial score (nSPS) is 21.4. The Kier molecular flexibility index (Phi) is 4.19. The number of hydrogen-bond donors (Lipinski definition) is 0. The minimum Gasteiger partial charge on any atom is -0.352 e. The summed E-state index contributed by atoms with van der Waals surface area (Å²) in [4.78, 5) is 13.7. The van der Waals surface area contributed by atoms with E-state index >= 15 is 0 Å². The number of aromatic nitrogens is 2. The van der Waals surface area contributed by atoms with Crippen molar-refractivity contribution < 1.29 is 0 Å². The average molecular weight is 329 g/mol. The predicted molar refractivity (Wildman–Crippen MR) is 92.8 cm³/mol. The molecule has 0 bridgehead atoms. The van der Waals surface area contributed by atoms with E-state index in [2.05, 4.69) is 50.1 Å². The van der Waals surface area contributed by atoms with Gasteiger partial charge in [-0.2, -0.15) is 0 Å². The zero-order valence-corrected chi connectivity index (χ0v) is 13.9. The highest BCUT2D eigenvalue weighted by molar-refractivity contribution is 6.30. The Hall–Kier alpha value is -1.65. The molecule has 1 atom stereocenters. The van der Waals surface area contributed by atoms with Gasteiger partial charge in [0.15, 0.2) is 0 Å². The van der Waals surface area contributed by atoms with E-state index in [1.807, 2.05) is 0 Å². The fourth-order valence-electron chi connectivity index (χ4n) is 3.80. The molecule has 1 saturated heterocycles. The lowest BCUT2D eigenvalue weighted by Crippen LogP contribution is -2.44. The smallest absolute Gasteiger partial charge is 0.137 e. The van der Waals surface area contributed by atoms with Crippen molar-refractivity contribution in [3.05, 3.63) is 52.9 Å². The maximum atomic E-state index is 6.26. The number of fused-ring (bicyclic) bond motifs is 3. The first kappa shape index (κ1) is 14.9. The first-order valence-corrected chi connectivity index (χ1v) is 8.71. The fourth-order valence-corrected chi connectivity index (χ4v) is 4.02. The molecular formula is C18H21ClN4. The molecule has 2 aliphatic heterocycles. The van der Waals surface area contributed by atoms with Crippen molar-refractivity contribution in [2.45, 2.75) is 31.8 Å². The van der Waals surface area contributed by atoms with Crippen LogP contribution in [0.3, 0.4) is 0 Å². The summed E-state index contributed by atoms with van der Waals surface area (Å²) in [7, 11) is 0. The second-order valence-electron chi connectivity index (χ2n) is 6.43. The van der Waals surface area contributed by atoms with E-state index in [0.29, 0.717) is 11.2 Å². The van der Waals surface area contributed by atoms with Gasteiger partial charge in [0, 0.05) is 37.8 Å². The molecule has 3 heterocycles. The minimum atomic E-state index is 0.527. The third kappa shape index (κ3) is 3.06. The largest absolute Gasteiger partial charge is 0.352 e. The summed E-state index contributed by atoms with van der Waals surface area (Å²) in [5.41, 5.74) is 2.52. The highest BCUT2D eigenvalue weighted by atomic mass is 35.5. The molecule has 0 N–H and O–H groups in total. The Morgan fingerprint density at radius 1 is 1.13 bits per heavy atom. The SMILES string of the molecule is Clc1ncnc2c1CC[C@@H]1CN(Cc3ccccc3)CCCN21. The third-order valence-corrected chi connectivity index (χ3v) is 5.23. The summed E-state index contributed by atoms with van der Waals surface area (Å²) in [5, 5.41) is 0.624. The van der Waals surface area contributed by atoms with Crippen LogP contribution in [0.1, 0.15) is 24.0 Å². The van der Waals surface area contributed by atoms with Crippen molar-refractivity contribution in [3.63, 3.8) is 0 Å². The van der Waals surface area contributed by atoms with Crippen LogP contribution in [0.2, 0.25) is 5.15 Å². The predicted octanol–water partition coefficient (Wildman–Crippen LogP) is 3.16. The van der Waals surface area contributed by atoms with Crippen LogP contribution in [-0.4, -0.2) is 40.5 Å². The lowest BCUT2D eigenvalue weighted by Gasteiger charge is -2.37. The fraction of sp³-hybridized carbons (Fsp3) is 0.444. The van der Waals surface area contributed by atoms with Gasteiger partial charge in [-0.3, -0.25) is 4.90 Å². The van der Waals surface area contributed by atoms with Gasteiger partial charge in [-0.15, -0.1) is 0 Å². The van der Waals surface area contributed by atoms with Crippen molar-refractivity contribution in [2.24, 2.45) is 0 Å². The highest BCUT2D eigenvalue weighted by Gasteiger charge is 2.32. The molecule has 0 unspecified atom stereocenters. The molecule has 23 heavy (non-hydrogen) atoms. The van der Waals surface area contributed by atoms with Crippen LogP contribution in [0.25, 0.3) is 0 Å². The summed E-state index contributed by atoms with van der Waals surface area (Å²) in [6, 6.07) is 11.3. The number of hydrogen-bond acceptors (Lipinski definition) is 4. The highest BCUT2D eigenvalue weighted by Crippen LogP contribution is 2.33. The standard InChI is InChI=1S/C18H21ClN4/c19-17-16-8-7-15-12-22(11-14-5-2-1-3-6-14)9-4-10-23(15)18(16)21-13-20-17/h1-3,5-6,13,15H,4,7-12H2/t15-/m1/s1. The van der Waals surface area contributed by atoms with Gasteiger partial charge in [0.25, 0.3) is 0 Å². The average Bonchev–Trinajstić information content (AvgIpc) is 2.78. The summed E-state index contributed by atoms with van der Waals surface area (Å²) in [5.74, 6) is 1.06. The topological polar surface area (TPSA) is 32.3 Å².